The van der Waals surface area contributed by atoms with E-state index in [4.69, 9.17) is 9.47 Å². The monoisotopic (exact) mass is 399 g/mol. The molecule has 2 rings (SSSR count). The van der Waals surface area contributed by atoms with E-state index in [1.54, 1.807) is 6.20 Å². The summed E-state index contributed by atoms with van der Waals surface area (Å²) in [5.41, 5.74) is 1.39. The summed E-state index contributed by atoms with van der Waals surface area (Å²) < 4.78 is 10.0. The topological polar surface area (TPSA) is 103 Å². The van der Waals surface area contributed by atoms with Crippen molar-refractivity contribution in [3.8, 4) is 0 Å². The van der Waals surface area contributed by atoms with Gasteiger partial charge in [0, 0.05) is 29.1 Å². The number of Topliss-reactive ketones (excluding diaryl/α,β-unsaturated/α-hetero) is 2. The van der Waals surface area contributed by atoms with E-state index in [1.807, 2.05) is 18.3 Å². The summed E-state index contributed by atoms with van der Waals surface area (Å²) in [6, 6.07) is 3.89. The number of carboxylic acid groups (broad SMARTS) is 1. The molecule has 0 bridgehead atoms. The Hall–Kier alpha value is -3.22. The number of aromatic nitrogens is 1. The first-order valence-electron chi connectivity index (χ1n) is 9.36. The molecule has 1 aliphatic rings. The minimum Gasteiger partial charge on any atom is -0.489 e. The molecule has 0 fully saturated rings. The van der Waals surface area contributed by atoms with E-state index in [9.17, 15) is 19.5 Å². The van der Waals surface area contributed by atoms with E-state index < -0.39 is 17.5 Å². The highest BCUT2D eigenvalue weighted by Gasteiger charge is 2.34. The molecule has 1 aromatic heterocycles. The highest BCUT2D eigenvalue weighted by molar-refractivity contribution is 6.24. The number of carboxylic acids is 1. The molecule has 0 aliphatic heterocycles. The van der Waals surface area contributed by atoms with Crippen LogP contribution in [0.1, 0.15) is 38.2 Å². The molecule has 0 spiro atoms. The summed E-state index contributed by atoms with van der Waals surface area (Å²) in [7, 11) is 2.55. The third-order valence-corrected chi connectivity index (χ3v) is 4.74. The second-order valence-electron chi connectivity index (χ2n) is 6.66. The standard InChI is InChI=1S/C22H25NO6/c1-14-17(19(25)21(29-3)20(28-2)18(14)24)12-16(22(26)27)10-6-4-5-8-15-9-7-11-23-13-15/h7,9,11-13H,4-6,8,10H2,1-3H3,(H,26,27)/b16-12+. The molecule has 29 heavy (non-hydrogen) atoms. The maximum absolute atomic E-state index is 12.7. The fourth-order valence-electron chi connectivity index (χ4n) is 3.12. The van der Waals surface area contributed by atoms with Gasteiger partial charge in [-0.15, -0.1) is 0 Å². The average Bonchev–Trinajstić information content (AvgIpc) is 2.72. The van der Waals surface area contributed by atoms with Gasteiger partial charge in [0.15, 0.2) is 0 Å². The molecule has 1 aliphatic carbocycles. The molecule has 0 unspecified atom stereocenters. The van der Waals surface area contributed by atoms with Crippen LogP contribution in [0.15, 0.2) is 58.8 Å². The Morgan fingerprint density at radius 3 is 2.38 bits per heavy atom. The summed E-state index contributed by atoms with van der Waals surface area (Å²) in [5.74, 6) is -2.54. The van der Waals surface area contributed by atoms with Gasteiger partial charge in [-0.05, 0) is 50.3 Å². The zero-order valence-corrected chi connectivity index (χ0v) is 16.9. The minimum atomic E-state index is -1.11. The van der Waals surface area contributed by atoms with Crippen molar-refractivity contribution in [2.75, 3.05) is 14.2 Å². The Bertz CT molecular complexity index is 880. The summed E-state index contributed by atoms with van der Waals surface area (Å²) >= 11 is 0. The van der Waals surface area contributed by atoms with Gasteiger partial charge in [0.05, 0.1) is 14.2 Å². The number of unbranched alkanes of at least 4 members (excludes halogenated alkanes) is 2. The Balaban J connectivity index is 2.07. The van der Waals surface area contributed by atoms with Crippen molar-refractivity contribution in [2.45, 2.75) is 39.0 Å². The van der Waals surface area contributed by atoms with Crippen LogP contribution in [0.3, 0.4) is 0 Å². The van der Waals surface area contributed by atoms with Crippen LogP contribution >= 0.6 is 0 Å². The molecular formula is C22H25NO6. The van der Waals surface area contributed by atoms with E-state index in [0.717, 1.165) is 24.8 Å². The molecule has 7 heteroatoms. The van der Waals surface area contributed by atoms with E-state index in [-0.39, 0.29) is 28.2 Å². The van der Waals surface area contributed by atoms with Crippen molar-refractivity contribution in [3.05, 3.63) is 64.4 Å². The van der Waals surface area contributed by atoms with Crippen LogP contribution in [0.5, 0.6) is 0 Å². The molecule has 0 aromatic carbocycles. The van der Waals surface area contributed by atoms with Crippen LogP contribution in [-0.2, 0) is 30.3 Å². The second kappa shape index (κ2) is 10.4. The van der Waals surface area contributed by atoms with Crippen molar-refractivity contribution in [2.24, 2.45) is 0 Å². The van der Waals surface area contributed by atoms with Gasteiger partial charge in [-0.2, -0.15) is 0 Å². The normalized spacial score (nSPS) is 15.1. The number of aliphatic carboxylic acids is 1. The number of pyridine rings is 1. The predicted octanol–water partition coefficient (Wildman–Crippen LogP) is 3.17. The smallest absolute Gasteiger partial charge is 0.331 e. The predicted molar refractivity (Wildman–Crippen MR) is 106 cm³/mol. The number of ketones is 2. The van der Waals surface area contributed by atoms with Crippen molar-refractivity contribution >= 4 is 17.5 Å². The third-order valence-electron chi connectivity index (χ3n) is 4.74. The highest BCUT2D eigenvalue weighted by atomic mass is 16.5. The number of hydrogen-bond acceptors (Lipinski definition) is 6. The van der Waals surface area contributed by atoms with E-state index in [0.29, 0.717) is 12.8 Å². The number of aryl methyl sites for hydroxylation is 1. The van der Waals surface area contributed by atoms with Crippen molar-refractivity contribution in [1.82, 2.24) is 4.98 Å². The fourth-order valence-corrected chi connectivity index (χ4v) is 3.12. The van der Waals surface area contributed by atoms with Gasteiger partial charge in [-0.1, -0.05) is 12.5 Å². The molecule has 0 amide bonds. The lowest BCUT2D eigenvalue weighted by atomic mass is 9.90. The van der Waals surface area contributed by atoms with Gasteiger partial charge >= 0.3 is 5.97 Å². The fraction of sp³-hybridized carbons (Fsp3) is 0.364. The number of methoxy groups -OCH3 is 2. The Labute approximate surface area is 169 Å². The number of ether oxygens (including phenoxy) is 2. The van der Waals surface area contributed by atoms with Crippen LogP contribution in [0.2, 0.25) is 0 Å². The molecule has 7 nitrogen and oxygen atoms in total. The molecule has 0 saturated carbocycles. The van der Waals surface area contributed by atoms with Gasteiger partial charge in [-0.3, -0.25) is 14.6 Å². The molecular weight excluding hydrogens is 374 g/mol. The lowest BCUT2D eigenvalue weighted by Gasteiger charge is -2.19. The minimum absolute atomic E-state index is 0.0282. The molecule has 0 radical (unpaired) electrons. The van der Waals surface area contributed by atoms with Gasteiger partial charge in [0.25, 0.3) is 0 Å². The lowest BCUT2D eigenvalue weighted by molar-refractivity contribution is -0.132. The Morgan fingerprint density at radius 1 is 1.10 bits per heavy atom. The van der Waals surface area contributed by atoms with Crippen LogP contribution in [0.25, 0.3) is 0 Å². The lowest BCUT2D eigenvalue weighted by Crippen LogP contribution is -2.24. The number of hydrogen-bond donors (Lipinski definition) is 1. The van der Waals surface area contributed by atoms with E-state index in [1.165, 1.54) is 27.2 Å². The third kappa shape index (κ3) is 5.40. The van der Waals surface area contributed by atoms with Crippen LogP contribution in [0, 0.1) is 0 Å². The quantitative estimate of drug-likeness (QED) is 0.366. The summed E-state index contributed by atoms with van der Waals surface area (Å²) in [6.45, 7) is 1.48. The number of carbonyl (C=O) groups is 3. The van der Waals surface area contributed by atoms with Gasteiger partial charge < -0.3 is 14.6 Å². The molecule has 1 heterocycles. The summed E-state index contributed by atoms with van der Waals surface area (Å²) in [6.07, 6.45) is 8.39. The van der Waals surface area contributed by atoms with E-state index in [2.05, 4.69) is 4.98 Å². The number of carbonyl (C=O) groups excluding carboxylic acids is 2. The molecule has 1 aromatic rings. The zero-order chi connectivity index (χ0) is 21.4. The Morgan fingerprint density at radius 2 is 1.79 bits per heavy atom. The maximum atomic E-state index is 12.7. The second-order valence-corrected chi connectivity index (χ2v) is 6.66. The van der Waals surface area contributed by atoms with Crippen molar-refractivity contribution in [3.63, 3.8) is 0 Å². The summed E-state index contributed by atoms with van der Waals surface area (Å²) in [4.78, 5) is 40.8. The average molecular weight is 399 g/mol. The number of rotatable bonds is 10. The maximum Gasteiger partial charge on any atom is 0.331 e. The molecule has 0 saturated heterocycles. The van der Waals surface area contributed by atoms with Crippen LogP contribution in [-0.4, -0.2) is 41.8 Å². The van der Waals surface area contributed by atoms with Crippen molar-refractivity contribution in [1.29, 1.82) is 0 Å². The first-order valence-corrected chi connectivity index (χ1v) is 9.36. The van der Waals surface area contributed by atoms with Gasteiger partial charge in [0.2, 0.25) is 23.1 Å². The number of nitrogens with zero attached hydrogens (tertiary/aromatic N) is 1. The first kappa shape index (κ1) is 22.1. The molecule has 0 atom stereocenters. The van der Waals surface area contributed by atoms with Crippen molar-refractivity contribution < 1.29 is 29.0 Å². The zero-order valence-electron chi connectivity index (χ0n) is 16.9. The highest BCUT2D eigenvalue weighted by Crippen LogP contribution is 2.28. The van der Waals surface area contributed by atoms with Gasteiger partial charge in [-0.25, -0.2) is 4.79 Å². The molecule has 154 valence electrons. The van der Waals surface area contributed by atoms with E-state index >= 15 is 0 Å². The van der Waals surface area contributed by atoms with Crippen LogP contribution in [0.4, 0.5) is 0 Å². The summed E-state index contributed by atoms with van der Waals surface area (Å²) in [5, 5.41) is 9.53. The first-order chi connectivity index (χ1) is 13.9. The number of allylic oxidation sites excluding steroid dienone is 3. The molecule has 1 N–H and O–H groups in total. The Kier molecular flexibility index (Phi) is 7.88. The van der Waals surface area contributed by atoms with Gasteiger partial charge in [0.1, 0.15) is 0 Å². The largest absolute Gasteiger partial charge is 0.489 e. The van der Waals surface area contributed by atoms with Crippen LogP contribution < -0.4 is 0 Å². The SMILES string of the molecule is COC1=C(OC)C(=O)C(/C=C(\CCCCCc2cccnc2)C(=O)O)=C(C)C1=O.